The second kappa shape index (κ2) is 9.02. The highest BCUT2D eigenvalue weighted by Crippen LogP contribution is 2.35. The van der Waals surface area contributed by atoms with E-state index in [0.717, 1.165) is 26.2 Å². The largest absolute Gasteiger partial charge is 0.369 e. The van der Waals surface area contributed by atoms with Gasteiger partial charge in [-0.15, -0.1) is 0 Å². The Labute approximate surface area is 180 Å². The fourth-order valence-electron chi connectivity index (χ4n) is 3.16. The Morgan fingerprint density at radius 2 is 1.79 bits per heavy atom. The summed E-state index contributed by atoms with van der Waals surface area (Å²) in [6.45, 7) is 5.67. The summed E-state index contributed by atoms with van der Waals surface area (Å²) < 4.78 is 0.928. The van der Waals surface area contributed by atoms with Crippen LogP contribution in [0.3, 0.4) is 0 Å². The lowest BCUT2D eigenvalue weighted by Crippen LogP contribution is -2.48. The number of benzene rings is 2. The standard InChI is InChI=1S/C19H20Br2N4O3/c1-13-3-2-4-14(9-13)24-7-5-23(6-8-24)12-18(26)22-19-16(20)10-15(25(27)28)11-17(19)21/h2-4,9-11H,5-8,12H2,1H3,(H,22,26). The lowest BCUT2D eigenvalue weighted by atomic mass is 10.2. The summed E-state index contributed by atoms with van der Waals surface area (Å²) in [4.78, 5) is 27.3. The first-order valence-corrected chi connectivity index (χ1v) is 10.4. The van der Waals surface area contributed by atoms with E-state index >= 15 is 0 Å². The number of anilines is 2. The van der Waals surface area contributed by atoms with Crippen LogP contribution in [0.4, 0.5) is 17.1 Å². The number of aryl methyl sites for hydroxylation is 1. The number of nitro benzene ring substituents is 1. The van der Waals surface area contributed by atoms with Crippen LogP contribution in [-0.2, 0) is 4.79 Å². The van der Waals surface area contributed by atoms with Crippen LogP contribution in [0.2, 0.25) is 0 Å². The van der Waals surface area contributed by atoms with Gasteiger partial charge in [0.2, 0.25) is 5.91 Å². The number of hydrogen-bond acceptors (Lipinski definition) is 5. The van der Waals surface area contributed by atoms with Gasteiger partial charge in [-0.25, -0.2) is 0 Å². The molecule has 9 heteroatoms. The molecule has 0 radical (unpaired) electrons. The number of non-ortho nitro benzene ring substituents is 1. The molecule has 0 aromatic heterocycles. The van der Waals surface area contributed by atoms with Crippen LogP contribution in [0.5, 0.6) is 0 Å². The maximum absolute atomic E-state index is 12.5. The third kappa shape index (κ3) is 5.09. The quantitative estimate of drug-likeness (QED) is 0.481. The molecule has 2 aromatic carbocycles. The van der Waals surface area contributed by atoms with Crippen LogP contribution in [0.15, 0.2) is 45.3 Å². The molecule has 0 atom stereocenters. The van der Waals surface area contributed by atoms with Gasteiger partial charge < -0.3 is 10.2 Å². The van der Waals surface area contributed by atoms with Crippen molar-refractivity contribution < 1.29 is 9.72 Å². The first kappa shape index (κ1) is 20.8. The number of nitrogens with zero attached hydrogens (tertiary/aromatic N) is 3. The van der Waals surface area contributed by atoms with Crippen LogP contribution >= 0.6 is 31.9 Å². The SMILES string of the molecule is Cc1cccc(N2CCN(CC(=O)Nc3c(Br)cc([N+](=O)[O-])cc3Br)CC2)c1. The van der Waals surface area contributed by atoms with E-state index in [1.807, 2.05) is 0 Å². The average molecular weight is 512 g/mol. The van der Waals surface area contributed by atoms with E-state index in [1.54, 1.807) is 0 Å². The van der Waals surface area contributed by atoms with Gasteiger partial charge in [-0.3, -0.25) is 19.8 Å². The summed E-state index contributed by atoms with van der Waals surface area (Å²) in [5, 5.41) is 13.7. The normalized spacial score (nSPS) is 14.8. The molecule has 0 aliphatic carbocycles. The molecular weight excluding hydrogens is 492 g/mol. The highest BCUT2D eigenvalue weighted by Gasteiger charge is 2.21. The number of piperazine rings is 1. The maximum Gasteiger partial charge on any atom is 0.271 e. The number of rotatable bonds is 5. The van der Waals surface area contributed by atoms with Crippen molar-refractivity contribution in [1.82, 2.24) is 4.90 Å². The van der Waals surface area contributed by atoms with E-state index in [1.165, 1.54) is 23.4 Å². The third-order valence-corrected chi connectivity index (χ3v) is 5.86. The van der Waals surface area contributed by atoms with Crippen molar-refractivity contribution in [1.29, 1.82) is 0 Å². The minimum atomic E-state index is -0.477. The van der Waals surface area contributed by atoms with Crippen LogP contribution in [-0.4, -0.2) is 48.5 Å². The fourth-order valence-corrected chi connectivity index (χ4v) is 4.52. The molecule has 1 aliphatic rings. The average Bonchev–Trinajstić information content (AvgIpc) is 2.65. The molecule has 1 heterocycles. The Balaban J connectivity index is 1.56. The fraction of sp³-hybridized carbons (Fsp3) is 0.316. The summed E-state index contributed by atoms with van der Waals surface area (Å²) in [5.74, 6) is -0.153. The molecule has 0 bridgehead atoms. The number of nitro groups is 1. The first-order chi connectivity index (χ1) is 13.3. The van der Waals surface area contributed by atoms with E-state index in [2.05, 4.69) is 78.2 Å². The Bertz CT molecular complexity index is 875. The van der Waals surface area contributed by atoms with Crippen molar-refractivity contribution in [3.05, 3.63) is 61.0 Å². The Kier molecular flexibility index (Phi) is 6.69. The van der Waals surface area contributed by atoms with Crippen LogP contribution in [0.25, 0.3) is 0 Å². The smallest absolute Gasteiger partial charge is 0.271 e. The Morgan fingerprint density at radius 3 is 2.36 bits per heavy atom. The predicted octanol–water partition coefficient (Wildman–Crippen LogP) is 4.19. The summed E-state index contributed by atoms with van der Waals surface area (Å²) >= 11 is 6.58. The molecule has 0 spiro atoms. The van der Waals surface area contributed by atoms with Gasteiger partial charge in [-0.1, -0.05) is 12.1 Å². The van der Waals surface area contributed by atoms with Gasteiger partial charge in [-0.05, 0) is 56.5 Å². The van der Waals surface area contributed by atoms with Gasteiger partial charge >= 0.3 is 0 Å². The second-order valence-corrected chi connectivity index (χ2v) is 8.40. The predicted molar refractivity (Wildman–Crippen MR) is 117 cm³/mol. The highest BCUT2D eigenvalue weighted by atomic mass is 79.9. The van der Waals surface area contributed by atoms with E-state index in [9.17, 15) is 14.9 Å². The molecule has 1 fully saturated rings. The van der Waals surface area contributed by atoms with E-state index in [-0.39, 0.29) is 18.1 Å². The Morgan fingerprint density at radius 1 is 1.14 bits per heavy atom. The van der Waals surface area contributed by atoms with Crippen molar-refractivity contribution in [2.24, 2.45) is 0 Å². The Hall–Kier alpha value is -1.97. The van der Waals surface area contributed by atoms with Crippen molar-refractivity contribution in [3.8, 4) is 0 Å². The van der Waals surface area contributed by atoms with Crippen molar-refractivity contribution in [3.63, 3.8) is 0 Å². The topological polar surface area (TPSA) is 78.7 Å². The summed E-state index contributed by atoms with van der Waals surface area (Å²) in [5.41, 5.74) is 2.89. The summed E-state index contributed by atoms with van der Waals surface area (Å²) in [6.07, 6.45) is 0. The van der Waals surface area contributed by atoms with Gasteiger partial charge in [0.05, 0.1) is 17.2 Å². The minimum absolute atomic E-state index is 0.0518. The molecule has 1 aliphatic heterocycles. The summed E-state index contributed by atoms with van der Waals surface area (Å²) in [7, 11) is 0. The van der Waals surface area contributed by atoms with Gasteiger partial charge in [0.1, 0.15) is 0 Å². The number of carbonyl (C=O) groups is 1. The number of hydrogen-bond donors (Lipinski definition) is 1. The van der Waals surface area contributed by atoms with Crippen LogP contribution < -0.4 is 10.2 Å². The summed E-state index contributed by atoms with van der Waals surface area (Å²) in [6, 6.07) is 11.2. The van der Waals surface area contributed by atoms with Gasteiger partial charge in [0, 0.05) is 52.9 Å². The monoisotopic (exact) mass is 510 g/mol. The number of amides is 1. The van der Waals surface area contributed by atoms with Crippen molar-refractivity contribution in [2.75, 3.05) is 42.9 Å². The number of nitrogens with one attached hydrogen (secondary N) is 1. The molecule has 1 saturated heterocycles. The molecule has 3 rings (SSSR count). The van der Waals surface area contributed by atoms with E-state index in [0.29, 0.717) is 14.6 Å². The van der Waals surface area contributed by atoms with E-state index in [4.69, 9.17) is 0 Å². The molecule has 0 saturated carbocycles. The van der Waals surface area contributed by atoms with Gasteiger partial charge in [0.15, 0.2) is 0 Å². The zero-order valence-corrected chi connectivity index (χ0v) is 18.5. The highest BCUT2D eigenvalue weighted by molar-refractivity contribution is 9.11. The molecule has 1 amide bonds. The van der Waals surface area contributed by atoms with Crippen molar-refractivity contribution >= 4 is 54.8 Å². The maximum atomic E-state index is 12.5. The van der Waals surface area contributed by atoms with Gasteiger partial charge in [-0.2, -0.15) is 0 Å². The zero-order valence-electron chi connectivity index (χ0n) is 15.3. The molecule has 0 unspecified atom stereocenters. The zero-order chi connectivity index (χ0) is 20.3. The van der Waals surface area contributed by atoms with Gasteiger partial charge in [0.25, 0.3) is 5.69 Å². The molecule has 7 nitrogen and oxygen atoms in total. The van der Waals surface area contributed by atoms with Crippen molar-refractivity contribution in [2.45, 2.75) is 6.92 Å². The first-order valence-electron chi connectivity index (χ1n) is 8.81. The second-order valence-electron chi connectivity index (χ2n) is 6.69. The molecular formula is C19H20Br2N4O3. The van der Waals surface area contributed by atoms with Crippen LogP contribution in [0, 0.1) is 17.0 Å². The lowest BCUT2D eigenvalue weighted by Gasteiger charge is -2.35. The number of carbonyl (C=O) groups excluding carboxylic acids is 1. The van der Waals surface area contributed by atoms with Crippen LogP contribution in [0.1, 0.15) is 5.56 Å². The molecule has 28 heavy (non-hydrogen) atoms. The molecule has 1 N–H and O–H groups in total. The molecule has 2 aromatic rings. The minimum Gasteiger partial charge on any atom is -0.369 e. The molecule has 148 valence electrons. The third-order valence-electron chi connectivity index (χ3n) is 4.61. The lowest BCUT2D eigenvalue weighted by molar-refractivity contribution is -0.385. The number of halogens is 2. The van der Waals surface area contributed by atoms with E-state index < -0.39 is 4.92 Å².